The van der Waals surface area contributed by atoms with Crippen molar-refractivity contribution in [3.8, 4) is 0 Å². The number of anilines is 1. The zero-order valence-corrected chi connectivity index (χ0v) is 13.5. The highest BCUT2D eigenvalue weighted by Crippen LogP contribution is 2.32. The van der Waals surface area contributed by atoms with Crippen molar-refractivity contribution in [1.82, 2.24) is 14.9 Å². The van der Waals surface area contributed by atoms with E-state index in [0.29, 0.717) is 31.3 Å². The SMILES string of the molecule is CCn1c(C)nc([N+](=O)[O-])c1NCC1(COC)CCNCC1. The van der Waals surface area contributed by atoms with Crippen molar-refractivity contribution in [3.05, 3.63) is 15.9 Å². The van der Waals surface area contributed by atoms with Crippen LogP contribution in [0.3, 0.4) is 0 Å². The number of hydrogen-bond donors (Lipinski definition) is 2. The Morgan fingerprint density at radius 2 is 2.18 bits per heavy atom. The Morgan fingerprint density at radius 3 is 2.73 bits per heavy atom. The maximum Gasteiger partial charge on any atom is 0.406 e. The van der Waals surface area contributed by atoms with Gasteiger partial charge >= 0.3 is 5.82 Å². The molecule has 0 saturated carbocycles. The lowest BCUT2D eigenvalue weighted by Crippen LogP contribution is -2.44. The molecule has 0 unspecified atom stereocenters. The average Bonchev–Trinajstić information content (AvgIpc) is 2.82. The summed E-state index contributed by atoms with van der Waals surface area (Å²) in [4.78, 5) is 14.9. The fraction of sp³-hybridized carbons (Fsp3) is 0.786. The van der Waals surface area contributed by atoms with Gasteiger partial charge in [0.1, 0.15) is 0 Å². The second-order valence-electron chi connectivity index (χ2n) is 5.87. The van der Waals surface area contributed by atoms with Gasteiger partial charge in [-0.15, -0.1) is 0 Å². The van der Waals surface area contributed by atoms with E-state index in [0.717, 1.165) is 25.9 Å². The Labute approximate surface area is 130 Å². The second-order valence-corrected chi connectivity index (χ2v) is 5.87. The first-order valence-corrected chi connectivity index (χ1v) is 7.68. The van der Waals surface area contributed by atoms with E-state index in [1.165, 1.54) is 0 Å². The largest absolute Gasteiger partial charge is 0.406 e. The summed E-state index contributed by atoms with van der Waals surface area (Å²) in [5, 5.41) is 17.8. The summed E-state index contributed by atoms with van der Waals surface area (Å²) in [5.74, 6) is 1.06. The second kappa shape index (κ2) is 7.06. The minimum Gasteiger partial charge on any atom is -0.384 e. The van der Waals surface area contributed by atoms with E-state index < -0.39 is 4.92 Å². The van der Waals surface area contributed by atoms with Crippen molar-refractivity contribution in [1.29, 1.82) is 0 Å². The van der Waals surface area contributed by atoms with Gasteiger partial charge in [0.05, 0.1) is 6.61 Å². The summed E-state index contributed by atoms with van der Waals surface area (Å²) >= 11 is 0. The normalized spacial score (nSPS) is 17.4. The Balaban J connectivity index is 2.20. The van der Waals surface area contributed by atoms with Crippen LogP contribution in [0.5, 0.6) is 0 Å². The maximum absolute atomic E-state index is 11.2. The highest BCUT2D eigenvalue weighted by molar-refractivity contribution is 5.53. The number of ether oxygens (including phenoxy) is 1. The Morgan fingerprint density at radius 1 is 1.50 bits per heavy atom. The van der Waals surface area contributed by atoms with Crippen molar-refractivity contribution in [3.63, 3.8) is 0 Å². The number of imidazole rings is 1. The van der Waals surface area contributed by atoms with Gasteiger partial charge in [0, 0.05) is 32.5 Å². The number of nitro groups is 1. The molecular weight excluding hydrogens is 286 g/mol. The molecule has 1 aliphatic rings. The number of aromatic nitrogens is 2. The van der Waals surface area contributed by atoms with Crippen molar-refractivity contribution in [2.45, 2.75) is 33.2 Å². The van der Waals surface area contributed by atoms with Gasteiger partial charge in [0.15, 0.2) is 0 Å². The molecule has 2 N–H and O–H groups in total. The predicted octanol–water partition coefficient (Wildman–Crippen LogP) is 1.55. The third kappa shape index (κ3) is 3.38. The van der Waals surface area contributed by atoms with Crippen LogP contribution in [0.4, 0.5) is 11.6 Å². The molecule has 8 nitrogen and oxygen atoms in total. The van der Waals surface area contributed by atoms with E-state index in [2.05, 4.69) is 15.6 Å². The first kappa shape index (κ1) is 16.7. The molecule has 0 atom stereocenters. The van der Waals surface area contributed by atoms with Crippen LogP contribution in [0.1, 0.15) is 25.6 Å². The van der Waals surface area contributed by atoms with Crippen molar-refractivity contribution < 1.29 is 9.66 Å². The number of nitrogens with zero attached hydrogens (tertiary/aromatic N) is 3. The van der Waals surface area contributed by atoms with Crippen LogP contribution in [0.25, 0.3) is 0 Å². The van der Waals surface area contributed by atoms with Gasteiger partial charge < -0.3 is 25.5 Å². The third-order valence-corrected chi connectivity index (χ3v) is 4.37. The van der Waals surface area contributed by atoms with Crippen LogP contribution in [-0.2, 0) is 11.3 Å². The monoisotopic (exact) mass is 311 g/mol. The third-order valence-electron chi connectivity index (χ3n) is 4.37. The molecule has 0 radical (unpaired) electrons. The number of aryl methyl sites for hydroxylation is 1. The summed E-state index contributed by atoms with van der Waals surface area (Å²) in [6.45, 7) is 7.58. The Kier molecular flexibility index (Phi) is 5.36. The topological polar surface area (TPSA) is 94.2 Å². The van der Waals surface area contributed by atoms with Gasteiger partial charge in [-0.05, 0) is 42.8 Å². The number of hydrogen-bond acceptors (Lipinski definition) is 6. The molecule has 0 aromatic carbocycles. The predicted molar refractivity (Wildman–Crippen MR) is 84.2 cm³/mol. The molecule has 2 rings (SSSR count). The molecule has 1 aromatic heterocycles. The van der Waals surface area contributed by atoms with E-state index in [1.807, 2.05) is 11.5 Å². The molecule has 124 valence electrons. The van der Waals surface area contributed by atoms with E-state index in [9.17, 15) is 10.1 Å². The number of rotatable bonds is 7. The number of nitrogens with one attached hydrogen (secondary N) is 2. The lowest BCUT2D eigenvalue weighted by molar-refractivity contribution is -0.388. The molecule has 22 heavy (non-hydrogen) atoms. The highest BCUT2D eigenvalue weighted by Gasteiger charge is 2.34. The Bertz CT molecular complexity index is 517. The Hall–Kier alpha value is -1.67. The van der Waals surface area contributed by atoms with Gasteiger partial charge in [-0.3, -0.25) is 4.57 Å². The van der Waals surface area contributed by atoms with Crippen LogP contribution in [0.15, 0.2) is 0 Å². The van der Waals surface area contributed by atoms with Gasteiger partial charge in [0.2, 0.25) is 11.6 Å². The van der Waals surface area contributed by atoms with Crippen molar-refractivity contribution in [2.24, 2.45) is 5.41 Å². The van der Waals surface area contributed by atoms with Crippen molar-refractivity contribution in [2.75, 3.05) is 38.7 Å². The van der Waals surface area contributed by atoms with E-state index >= 15 is 0 Å². The molecule has 0 aliphatic carbocycles. The minimum atomic E-state index is -0.424. The fourth-order valence-corrected chi connectivity index (χ4v) is 3.14. The van der Waals surface area contributed by atoms with E-state index in [-0.39, 0.29) is 11.2 Å². The molecule has 1 aliphatic heterocycles. The molecule has 1 fully saturated rings. The average molecular weight is 311 g/mol. The molecular formula is C14H25N5O3. The molecule has 0 spiro atoms. The summed E-state index contributed by atoms with van der Waals surface area (Å²) < 4.78 is 7.24. The summed E-state index contributed by atoms with van der Waals surface area (Å²) in [5.41, 5.74) is 0.00458. The molecule has 1 saturated heterocycles. The molecule has 8 heteroatoms. The number of piperidine rings is 1. The highest BCUT2D eigenvalue weighted by atomic mass is 16.6. The lowest BCUT2D eigenvalue weighted by atomic mass is 9.79. The number of methoxy groups -OCH3 is 1. The minimum absolute atomic E-state index is 0.00458. The van der Waals surface area contributed by atoms with Crippen LogP contribution >= 0.6 is 0 Å². The standard InChI is InChI=1S/C14H25N5O3/c1-4-18-11(2)17-13(19(20)21)12(18)16-9-14(10-22-3)5-7-15-8-6-14/h15-16H,4-10H2,1-3H3. The molecule has 1 aromatic rings. The van der Waals surface area contributed by atoms with Gasteiger partial charge in [-0.1, -0.05) is 0 Å². The summed E-state index contributed by atoms with van der Waals surface area (Å²) in [6.07, 6.45) is 1.97. The molecule has 0 amide bonds. The zero-order valence-electron chi connectivity index (χ0n) is 13.5. The lowest BCUT2D eigenvalue weighted by Gasteiger charge is -2.37. The van der Waals surface area contributed by atoms with Gasteiger partial charge in [-0.25, -0.2) is 0 Å². The maximum atomic E-state index is 11.2. The summed E-state index contributed by atoms with van der Waals surface area (Å²) in [7, 11) is 1.70. The van der Waals surface area contributed by atoms with Crippen LogP contribution in [-0.4, -0.2) is 47.8 Å². The van der Waals surface area contributed by atoms with E-state index in [4.69, 9.17) is 4.74 Å². The van der Waals surface area contributed by atoms with Crippen LogP contribution in [0.2, 0.25) is 0 Å². The van der Waals surface area contributed by atoms with Crippen molar-refractivity contribution >= 4 is 11.6 Å². The molecule has 2 heterocycles. The molecule has 0 bridgehead atoms. The summed E-state index contributed by atoms with van der Waals surface area (Å²) in [6, 6.07) is 0. The van der Waals surface area contributed by atoms with E-state index in [1.54, 1.807) is 14.0 Å². The smallest absolute Gasteiger partial charge is 0.384 e. The fourth-order valence-electron chi connectivity index (χ4n) is 3.14. The van der Waals surface area contributed by atoms with Crippen LogP contribution in [0, 0.1) is 22.5 Å². The van der Waals surface area contributed by atoms with Crippen LogP contribution < -0.4 is 10.6 Å². The van der Waals surface area contributed by atoms with Gasteiger partial charge in [0.25, 0.3) is 0 Å². The first-order valence-electron chi connectivity index (χ1n) is 7.68. The quantitative estimate of drug-likeness (QED) is 0.586. The van der Waals surface area contributed by atoms with Gasteiger partial charge in [-0.2, -0.15) is 0 Å². The zero-order chi connectivity index (χ0) is 16.2. The first-order chi connectivity index (χ1) is 10.5.